The standard InChI is InChI=1S/C19H23NO3S/c1-15-11-13-17(14-12-15)24(21,22)20-18-9-5-6-10-19(18)23-16-7-3-2-4-8-16/h2-4,7-8,11-14,18-20H,5-6,9-10H2,1H3/t18-,19-/m1/s1. The van der Waals surface area contributed by atoms with E-state index in [9.17, 15) is 8.42 Å². The molecule has 1 aliphatic rings. The number of benzene rings is 2. The highest BCUT2D eigenvalue weighted by Gasteiger charge is 2.31. The molecule has 1 fully saturated rings. The van der Waals surface area contributed by atoms with Crippen LogP contribution in [0.3, 0.4) is 0 Å². The van der Waals surface area contributed by atoms with Crippen molar-refractivity contribution in [2.45, 2.75) is 49.6 Å². The van der Waals surface area contributed by atoms with E-state index >= 15 is 0 Å². The fraction of sp³-hybridized carbons (Fsp3) is 0.368. The highest BCUT2D eigenvalue weighted by atomic mass is 32.2. The molecular formula is C19H23NO3S. The van der Waals surface area contributed by atoms with Gasteiger partial charge in [-0.1, -0.05) is 42.3 Å². The highest BCUT2D eigenvalue weighted by Crippen LogP contribution is 2.25. The minimum absolute atomic E-state index is 0.138. The van der Waals surface area contributed by atoms with Gasteiger partial charge in [-0.3, -0.25) is 0 Å². The Morgan fingerprint density at radius 3 is 2.33 bits per heavy atom. The first-order chi connectivity index (χ1) is 11.5. The fourth-order valence-electron chi connectivity index (χ4n) is 3.03. The number of sulfonamides is 1. The van der Waals surface area contributed by atoms with Crippen LogP contribution in [0.1, 0.15) is 31.2 Å². The first-order valence-electron chi connectivity index (χ1n) is 8.35. The third-order valence-corrected chi connectivity index (χ3v) is 5.88. The third kappa shape index (κ3) is 4.16. The number of rotatable bonds is 5. The molecule has 0 radical (unpaired) electrons. The first-order valence-corrected chi connectivity index (χ1v) is 9.84. The molecule has 0 amide bonds. The van der Waals surface area contributed by atoms with Gasteiger partial charge >= 0.3 is 0 Å². The molecule has 128 valence electrons. The summed E-state index contributed by atoms with van der Waals surface area (Å²) in [6.07, 6.45) is 3.58. The van der Waals surface area contributed by atoms with E-state index < -0.39 is 10.0 Å². The second kappa shape index (κ2) is 7.36. The Kier molecular flexibility index (Phi) is 5.21. The number of aryl methyl sites for hydroxylation is 1. The van der Waals surface area contributed by atoms with Gasteiger partial charge in [-0.15, -0.1) is 0 Å². The smallest absolute Gasteiger partial charge is 0.240 e. The maximum Gasteiger partial charge on any atom is 0.240 e. The van der Waals surface area contributed by atoms with E-state index in [4.69, 9.17) is 4.74 Å². The van der Waals surface area contributed by atoms with Crippen molar-refractivity contribution < 1.29 is 13.2 Å². The summed E-state index contributed by atoms with van der Waals surface area (Å²) in [6, 6.07) is 16.3. The average Bonchev–Trinajstić information content (AvgIpc) is 2.58. The molecule has 0 heterocycles. The molecule has 3 rings (SSSR count). The summed E-state index contributed by atoms with van der Waals surface area (Å²) in [5.41, 5.74) is 1.04. The van der Waals surface area contributed by atoms with E-state index in [1.54, 1.807) is 12.1 Å². The molecule has 0 aliphatic heterocycles. The molecule has 0 bridgehead atoms. The van der Waals surface area contributed by atoms with Crippen LogP contribution in [0.4, 0.5) is 0 Å². The Hall–Kier alpha value is -1.85. The van der Waals surface area contributed by atoms with Crippen LogP contribution < -0.4 is 9.46 Å². The van der Waals surface area contributed by atoms with Crippen LogP contribution in [-0.2, 0) is 10.0 Å². The monoisotopic (exact) mass is 345 g/mol. The topological polar surface area (TPSA) is 55.4 Å². The van der Waals surface area contributed by atoms with E-state index in [2.05, 4.69) is 4.72 Å². The molecule has 24 heavy (non-hydrogen) atoms. The minimum Gasteiger partial charge on any atom is -0.489 e. The van der Waals surface area contributed by atoms with Crippen molar-refractivity contribution >= 4 is 10.0 Å². The van der Waals surface area contributed by atoms with E-state index in [-0.39, 0.29) is 12.1 Å². The predicted octanol–water partition coefficient (Wildman–Crippen LogP) is 3.66. The van der Waals surface area contributed by atoms with Crippen molar-refractivity contribution in [1.29, 1.82) is 0 Å². The number of hydrogen-bond acceptors (Lipinski definition) is 3. The van der Waals surface area contributed by atoms with Gasteiger partial charge in [0.15, 0.2) is 0 Å². The summed E-state index contributed by atoms with van der Waals surface area (Å²) in [4.78, 5) is 0.303. The average molecular weight is 345 g/mol. The van der Waals surface area contributed by atoms with Crippen LogP contribution in [0.5, 0.6) is 5.75 Å². The number of ether oxygens (including phenoxy) is 1. The molecule has 2 aromatic rings. The summed E-state index contributed by atoms with van der Waals surface area (Å²) >= 11 is 0. The van der Waals surface area contributed by atoms with Gasteiger partial charge in [-0.25, -0.2) is 13.1 Å². The predicted molar refractivity (Wildman–Crippen MR) is 94.6 cm³/mol. The van der Waals surface area contributed by atoms with Gasteiger partial charge in [0.2, 0.25) is 10.0 Å². The van der Waals surface area contributed by atoms with Crippen LogP contribution in [0.25, 0.3) is 0 Å². The quantitative estimate of drug-likeness (QED) is 0.900. The summed E-state index contributed by atoms with van der Waals surface area (Å²) in [5.74, 6) is 0.781. The molecule has 1 aliphatic carbocycles. The normalized spacial score (nSPS) is 21.4. The van der Waals surface area contributed by atoms with E-state index in [1.807, 2.05) is 49.4 Å². The largest absolute Gasteiger partial charge is 0.489 e. The minimum atomic E-state index is -3.53. The SMILES string of the molecule is Cc1ccc(S(=O)(=O)N[C@@H]2CCCC[C@H]2Oc2ccccc2)cc1. The van der Waals surface area contributed by atoms with Gasteiger partial charge < -0.3 is 4.74 Å². The van der Waals surface area contributed by atoms with Crippen molar-refractivity contribution in [3.63, 3.8) is 0 Å². The summed E-state index contributed by atoms with van der Waals surface area (Å²) in [7, 11) is -3.53. The lowest BCUT2D eigenvalue weighted by molar-refractivity contribution is 0.125. The van der Waals surface area contributed by atoms with Crippen LogP contribution in [0.2, 0.25) is 0 Å². The van der Waals surface area contributed by atoms with Crippen molar-refractivity contribution in [1.82, 2.24) is 4.72 Å². The molecule has 1 saturated carbocycles. The Morgan fingerprint density at radius 1 is 0.958 bits per heavy atom. The maximum atomic E-state index is 12.6. The molecule has 0 aromatic heterocycles. The molecule has 5 heteroatoms. The van der Waals surface area contributed by atoms with Crippen LogP contribution in [0.15, 0.2) is 59.5 Å². The van der Waals surface area contributed by atoms with E-state index in [0.717, 1.165) is 37.0 Å². The van der Waals surface area contributed by atoms with Crippen molar-refractivity contribution in [3.05, 3.63) is 60.2 Å². The molecule has 0 spiro atoms. The molecule has 0 saturated heterocycles. The Balaban J connectivity index is 1.74. The summed E-state index contributed by atoms with van der Waals surface area (Å²) in [6.45, 7) is 1.94. The van der Waals surface area contributed by atoms with Crippen molar-refractivity contribution in [2.24, 2.45) is 0 Å². The third-order valence-electron chi connectivity index (χ3n) is 4.37. The van der Waals surface area contributed by atoms with E-state index in [1.165, 1.54) is 0 Å². The maximum absolute atomic E-state index is 12.6. The zero-order valence-electron chi connectivity index (χ0n) is 13.8. The molecule has 0 unspecified atom stereocenters. The van der Waals surface area contributed by atoms with Crippen LogP contribution in [-0.4, -0.2) is 20.6 Å². The second-order valence-corrected chi connectivity index (χ2v) is 8.01. The van der Waals surface area contributed by atoms with Gasteiger partial charge in [-0.05, 0) is 50.5 Å². The molecule has 4 nitrogen and oxygen atoms in total. The van der Waals surface area contributed by atoms with Gasteiger partial charge in [0.1, 0.15) is 11.9 Å². The summed E-state index contributed by atoms with van der Waals surface area (Å²) in [5, 5.41) is 0. The zero-order valence-corrected chi connectivity index (χ0v) is 14.6. The van der Waals surface area contributed by atoms with Crippen molar-refractivity contribution in [2.75, 3.05) is 0 Å². The molecule has 2 atom stereocenters. The zero-order chi connectivity index (χ0) is 17.0. The highest BCUT2D eigenvalue weighted by molar-refractivity contribution is 7.89. The number of nitrogens with one attached hydrogen (secondary N) is 1. The Morgan fingerprint density at radius 2 is 1.62 bits per heavy atom. The Bertz CT molecular complexity index is 757. The van der Waals surface area contributed by atoms with Crippen molar-refractivity contribution in [3.8, 4) is 5.75 Å². The molecule has 1 N–H and O–H groups in total. The molecular weight excluding hydrogens is 322 g/mol. The lowest BCUT2D eigenvalue weighted by Gasteiger charge is -2.32. The van der Waals surface area contributed by atoms with Gasteiger partial charge in [0, 0.05) is 0 Å². The summed E-state index contributed by atoms with van der Waals surface area (Å²) < 4.78 is 34.2. The lowest BCUT2D eigenvalue weighted by Crippen LogP contribution is -2.47. The van der Waals surface area contributed by atoms with Crippen LogP contribution >= 0.6 is 0 Å². The van der Waals surface area contributed by atoms with Gasteiger partial charge in [0.05, 0.1) is 10.9 Å². The Labute approximate surface area is 143 Å². The van der Waals surface area contributed by atoms with Crippen LogP contribution in [0, 0.1) is 6.92 Å². The fourth-order valence-corrected chi connectivity index (χ4v) is 4.33. The molecule has 2 aromatic carbocycles. The second-order valence-electron chi connectivity index (χ2n) is 6.29. The first kappa shape index (κ1) is 17.0. The van der Waals surface area contributed by atoms with E-state index in [0.29, 0.717) is 4.90 Å². The lowest BCUT2D eigenvalue weighted by atomic mass is 9.93. The van der Waals surface area contributed by atoms with Gasteiger partial charge in [-0.2, -0.15) is 0 Å². The van der Waals surface area contributed by atoms with Gasteiger partial charge in [0.25, 0.3) is 0 Å². The number of para-hydroxylation sites is 1. The number of hydrogen-bond donors (Lipinski definition) is 1.